The highest BCUT2D eigenvalue weighted by atomic mass is 32.2. The Kier molecular flexibility index (Phi) is 6.18. The normalized spacial score (nSPS) is 15.2. The van der Waals surface area contributed by atoms with Crippen molar-refractivity contribution in [1.29, 1.82) is 0 Å². The number of amides is 1. The van der Waals surface area contributed by atoms with Crippen LogP contribution in [0, 0.1) is 12.3 Å². The number of rotatable bonds is 5. The van der Waals surface area contributed by atoms with Gasteiger partial charge in [-0.1, -0.05) is 37.3 Å². The van der Waals surface area contributed by atoms with Crippen LogP contribution in [0.15, 0.2) is 53.4 Å². The van der Waals surface area contributed by atoms with Crippen molar-refractivity contribution in [2.45, 2.75) is 43.0 Å². The molecule has 1 aliphatic rings. The summed E-state index contributed by atoms with van der Waals surface area (Å²) in [5.74, 6) is 2.13. The van der Waals surface area contributed by atoms with Crippen molar-refractivity contribution in [2.24, 2.45) is 0 Å². The second-order valence-electron chi connectivity index (χ2n) is 7.02. The zero-order valence-corrected chi connectivity index (χ0v) is 16.7. The van der Waals surface area contributed by atoms with Crippen LogP contribution in [0.4, 0.5) is 5.69 Å². The van der Waals surface area contributed by atoms with Gasteiger partial charge in [0.1, 0.15) is 0 Å². The summed E-state index contributed by atoms with van der Waals surface area (Å²) in [7, 11) is -2.02. The Labute approximate surface area is 166 Å². The molecule has 3 rings (SSSR count). The van der Waals surface area contributed by atoms with Crippen LogP contribution in [0.25, 0.3) is 0 Å². The minimum Gasteiger partial charge on any atom is -0.322 e. The molecule has 5 nitrogen and oxygen atoms in total. The molecule has 0 aliphatic heterocycles. The second-order valence-corrected chi connectivity index (χ2v) is 9.02. The van der Waals surface area contributed by atoms with Crippen LogP contribution >= 0.6 is 0 Å². The Morgan fingerprint density at radius 3 is 2.54 bits per heavy atom. The van der Waals surface area contributed by atoms with Gasteiger partial charge in [-0.15, -0.1) is 6.42 Å². The van der Waals surface area contributed by atoms with Gasteiger partial charge in [-0.05, 0) is 49.2 Å². The van der Waals surface area contributed by atoms with E-state index in [0.29, 0.717) is 11.3 Å². The predicted octanol–water partition coefficient (Wildman–Crippen LogP) is 3.87. The molecule has 1 amide bonds. The Morgan fingerprint density at radius 2 is 1.82 bits per heavy atom. The van der Waals surface area contributed by atoms with Crippen molar-refractivity contribution < 1.29 is 13.2 Å². The number of benzene rings is 2. The van der Waals surface area contributed by atoms with Crippen LogP contribution in [-0.2, 0) is 10.0 Å². The summed E-state index contributed by atoms with van der Waals surface area (Å²) in [6.07, 6.45) is 10.4. The molecule has 1 N–H and O–H groups in total. The lowest BCUT2D eigenvalue weighted by Crippen LogP contribution is -2.38. The number of nitrogens with zero attached hydrogens (tertiary/aromatic N) is 1. The van der Waals surface area contributed by atoms with Crippen molar-refractivity contribution in [1.82, 2.24) is 4.31 Å². The fourth-order valence-corrected chi connectivity index (χ4v) is 4.96. The average molecular weight is 397 g/mol. The van der Waals surface area contributed by atoms with Gasteiger partial charge in [0.2, 0.25) is 10.0 Å². The Morgan fingerprint density at radius 1 is 1.11 bits per heavy atom. The van der Waals surface area contributed by atoms with Gasteiger partial charge in [0.25, 0.3) is 5.91 Å². The van der Waals surface area contributed by atoms with Gasteiger partial charge in [0, 0.05) is 29.9 Å². The molecule has 6 heteroatoms. The van der Waals surface area contributed by atoms with E-state index < -0.39 is 10.0 Å². The molecule has 0 aromatic heterocycles. The summed E-state index contributed by atoms with van der Waals surface area (Å²) in [6.45, 7) is 0. The molecular weight excluding hydrogens is 372 g/mol. The van der Waals surface area contributed by atoms with E-state index in [1.54, 1.807) is 43.4 Å². The topological polar surface area (TPSA) is 66.5 Å². The van der Waals surface area contributed by atoms with E-state index in [9.17, 15) is 13.2 Å². The van der Waals surface area contributed by atoms with Gasteiger partial charge in [-0.25, -0.2) is 8.42 Å². The highest BCUT2D eigenvalue weighted by Crippen LogP contribution is 2.27. The van der Waals surface area contributed by atoms with E-state index in [1.807, 2.05) is 0 Å². The maximum atomic E-state index is 13.0. The van der Waals surface area contributed by atoms with E-state index in [1.165, 1.54) is 16.4 Å². The van der Waals surface area contributed by atoms with Crippen LogP contribution in [0.3, 0.4) is 0 Å². The molecule has 1 aliphatic carbocycles. The number of terminal acetylenes is 1. The number of hydrogen-bond acceptors (Lipinski definition) is 3. The molecule has 0 bridgehead atoms. The van der Waals surface area contributed by atoms with E-state index in [4.69, 9.17) is 6.42 Å². The molecule has 0 radical (unpaired) electrons. The van der Waals surface area contributed by atoms with Gasteiger partial charge in [-0.2, -0.15) is 4.31 Å². The van der Waals surface area contributed by atoms with Crippen LogP contribution in [0.1, 0.15) is 48.0 Å². The number of carbonyl (C=O) groups is 1. The number of nitrogens with one attached hydrogen (secondary N) is 1. The molecule has 0 saturated heterocycles. The van der Waals surface area contributed by atoms with Crippen molar-refractivity contribution in [3.63, 3.8) is 0 Å². The van der Waals surface area contributed by atoms with Crippen molar-refractivity contribution in [2.75, 3.05) is 12.4 Å². The second kappa shape index (κ2) is 8.59. The monoisotopic (exact) mass is 396 g/mol. The first kappa shape index (κ1) is 20.1. The van der Waals surface area contributed by atoms with Crippen LogP contribution < -0.4 is 5.32 Å². The summed E-state index contributed by atoms with van der Waals surface area (Å²) in [5, 5.41) is 2.76. The van der Waals surface area contributed by atoms with Crippen molar-refractivity contribution in [3.8, 4) is 12.3 Å². The van der Waals surface area contributed by atoms with E-state index in [-0.39, 0.29) is 22.4 Å². The molecule has 146 valence electrons. The van der Waals surface area contributed by atoms with Gasteiger partial charge in [-0.3, -0.25) is 4.79 Å². The summed E-state index contributed by atoms with van der Waals surface area (Å²) < 4.78 is 27.5. The minimum atomic E-state index is -3.65. The average Bonchev–Trinajstić information content (AvgIpc) is 2.74. The van der Waals surface area contributed by atoms with Crippen molar-refractivity contribution >= 4 is 21.6 Å². The quantitative estimate of drug-likeness (QED) is 0.780. The number of anilines is 1. The fraction of sp³-hybridized carbons (Fsp3) is 0.318. The standard InChI is InChI=1S/C22H24N2O3S/c1-3-17-9-7-11-19(15-17)23-22(25)18-10-8-14-21(16-18)28(26,27)24(2)20-12-5-4-6-13-20/h1,7-11,14-16,20H,4-6,12-13H2,2H3,(H,23,25). The highest BCUT2D eigenvalue weighted by Gasteiger charge is 2.29. The SMILES string of the molecule is C#Cc1cccc(NC(=O)c2cccc(S(=O)(=O)N(C)C3CCCCC3)c2)c1. The molecular formula is C22H24N2O3S. The van der Waals surface area contributed by atoms with E-state index >= 15 is 0 Å². The molecule has 0 spiro atoms. The lowest BCUT2D eigenvalue weighted by molar-refractivity contribution is 0.102. The molecule has 0 heterocycles. The van der Waals surface area contributed by atoms with Crippen LogP contribution in [-0.4, -0.2) is 31.7 Å². The number of sulfonamides is 1. The third-order valence-electron chi connectivity index (χ3n) is 5.15. The Hall–Kier alpha value is -2.62. The first-order valence-electron chi connectivity index (χ1n) is 9.38. The molecule has 1 fully saturated rings. The highest BCUT2D eigenvalue weighted by molar-refractivity contribution is 7.89. The van der Waals surface area contributed by atoms with E-state index in [2.05, 4.69) is 11.2 Å². The molecule has 28 heavy (non-hydrogen) atoms. The smallest absolute Gasteiger partial charge is 0.255 e. The summed E-state index contributed by atoms with van der Waals surface area (Å²) in [5.41, 5.74) is 1.50. The van der Waals surface area contributed by atoms with E-state index in [0.717, 1.165) is 32.1 Å². The minimum absolute atomic E-state index is 0.0164. The predicted molar refractivity (Wildman–Crippen MR) is 111 cm³/mol. The van der Waals surface area contributed by atoms with Crippen molar-refractivity contribution in [3.05, 3.63) is 59.7 Å². The van der Waals surface area contributed by atoms with Gasteiger partial charge >= 0.3 is 0 Å². The lowest BCUT2D eigenvalue weighted by Gasteiger charge is -2.30. The van der Waals surface area contributed by atoms with Crippen LogP contribution in [0.5, 0.6) is 0 Å². The Balaban J connectivity index is 1.80. The van der Waals surface area contributed by atoms with Gasteiger partial charge in [0.15, 0.2) is 0 Å². The number of hydrogen-bond donors (Lipinski definition) is 1. The maximum absolute atomic E-state index is 13.0. The molecule has 2 aromatic carbocycles. The molecule has 2 aromatic rings. The third-order valence-corrected chi connectivity index (χ3v) is 7.06. The zero-order chi connectivity index (χ0) is 20.1. The maximum Gasteiger partial charge on any atom is 0.255 e. The molecule has 0 atom stereocenters. The van der Waals surface area contributed by atoms with Crippen LogP contribution in [0.2, 0.25) is 0 Å². The Bertz CT molecular complexity index is 1000. The largest absolute Gasteiger partial charge is 0.322 e. The number of carbonyl (C=O) groups excluding carboxylic acids is 1. The fourth-order valence-electron chi connectivity index (χ4n) is 3.49. The molecule has 0 unspecified atom stereocenters. The summed E-state index contributed by atoms with van der Waals surface area (Å²) in [4.78, 5) is 12.7. The zero-order valence-electron chi connectivity index (χ0n) is 15.9. The summed E-state index contributed by atoms with van der Waals surface area (Å²) >= 11 is 0. The molecule has 1 saturated carbocycles. The third kappa shape index (κ3) is 4.44. The lowest BCUT2D eigenvalue weighted by atomic mass is 9.96. The summed E-state index contributed by atoms with van der Waals surface area (Å²) in [6, 6.07) is 13.1. The van der Waals surface area contributed by atoms with Gasteiger partial charge in [0.05, 0.1) is 4.90 Å². The van der Waals surface area contributed by atoms with Gasteiger partial charge < -0.3 is 5.32 Å². The first-order chi connectivity index (χ1) is 13.4. The first-order valence-corrected chi connectivity index (χ1v) is 10.8.